The number of hydrogen-bond acceptors (Lipinski definition) is 2. The van der Waals surface area contributed by atoms with Crippen LogP contribution < -0.4 is 0 Å². The zero-order valence-corrected chi connectivity index (χ0v) is 27.8. The van der Waals surface area contributed by atoms with Gasteiger partial charge < -0.3 is 9.97 Å². The predicted octanol–water partition coefficient (Wildman–Crippen LogP) is 12.1. The second-order valence-electron chi connectivity index (χ2n) is 12.5. The Kier molecular flexibility index (Phi) is 7.57. The molecule has 8 bridgehead atoms. The van der Waals surface area contributed by atoms with Gasteiger partial charge in [-0.1, -0.05) is 115 Å². The highest BCUT2D eigenvalue weighted by molar-refractivity contribution is 6.17. The van der Waals surface area contributed by atoms with Gasteiger partial charge in [-0.15, -0.1) is 11.6 Å². The monoisotopic (exact) mass is 662 g/mol. The number of benzene rings is 4. The van der Waals surface area contributed by atoms with Crippen molar-refractivity contribution in [1.29, 1.82) is 0 Å². The number of alkyl halides is 1. The molecule has 0 unspecified atom stereocenters. The summed E-state index contributed by atoms with van der Waals surface area (Å²) >= 11 is 6.19. The fourth-order valence-corrected chi connectivity index (χ4v) is 7.13. The third-order valence-electron chi connectivity index (χ3n) is 9.29. The average Bonchev–Trinajstić information content (AvgIpc) is 4.00. The van der Waals surface area contributed by atoms with Crippen molar-refractivity contribution in [1.82, 2.24) is 19.9 Å². The Morgan fingerprint density at radius 3 is 1.56 bits per heavy atom. The van der Waals surface area contributed by atoms with Crippen molar-refractivity contribution in [3.8, 4) is 44.5 Å². The Hall–Kier alpha value is -6.23. The zero-order chi connectivity index (χ0) is 33.4. The van der Waals surface area contributed by atoms with E-state index in [1.165, 1.54) is 0 Å². The lowest BCUT2D eigenvalue weighted by Crippen LogP contribution is -1.89. The highest BCUT2D eigenvalue weighted by Gasteiger charge is 2.18. The van der Waals surface area contributed by atoms with Gasteiger partial charge in [0.15, 0.2) is 0 Å². The third kappa shape index (κ3) is 5.46. The van der Waals surface area contributed by atoms with Crippen LogP contribution in [0.5, 0.6) is 0 Å². The van der Waals surface area contributed by atoms with Crippen molar-refractivity contribution >= 4 is 58.0 Å². The molecule has 5 heteroatoms. The van der Waals surface area contributed by atoms with E-state index in [1.54, 1.807) is 0 Å². The Morgan fingerprint density at radius 1 is 0.460 bits per heavy atom. The first-order chi connectivity index (χ1) is 24.7. The molecule has 5 heterocycles. The van der Waals surface area contributed by atoms with Gasteiger partial charge in [0.2, 0.25) is 0 Å². The number of nitrogens with one attached hydrogen (secondary N) is 2. The SMILES string of the molecule is ClCc1ccc(-c2cc3cc4nc(c(-c5ccccc5)c5ccc([nH]5)c(-c5ccccc5)c5nc(c(-c6ccccc6)c2[nH]3)C=C5)C=C4)cc1. The lowest BCUT2D eigenvalue weighted by Gasteiger charge is -2.08. The van der Waals surface area contributed by atoms with Crippen LogP contribution in [0.1, 0.15) is 28.3 Å². The van der Waals surface area contributed by atoms with Gasteiger partial charge in [-0.05, 0) is 76.4 Å². The number of nitrogens with zero attached hydrogens (tertiary/aromatic N) is 2. The molecular weight excluding hydrogens is 632 g/mol. The number of rotatable bonds is 5. The minimum absolute atomic E-state index is 0.469. The number of halogens is 1. The van der Waals surface area contributed by atoms with Gasteiger partial charge in [0.05, 0.1) is 28.3 Å². The summed E-state index contributed by atoms with van der Waals surface area (Å²) in [6, 6.07) is 48.6. The molecule has 7 aromatic rings. The van der Waals surface area contributed by atoms with Crippen LogP contribution in [0.2, 0.25) is 0 Å². The lowest BCUT2D eigenvalue weighted by molar-refractivity contribution is 1.31. The Balaban J connectivity index is 1.46. The number of hydrogen-bond donors (Lipinski definition) is 2. The van der Waals surface area contributed by atoms with E-state index >= 15 is 0 Å². The van der Waals surface area contributed by atoms with Crippen LogP contribution >= 0.6 is 11.6 Å². The fraction of sp³-hybridized carbons (Fsp3) is 0.0222. The van der Waals surface area contributed by atoms with E-state index in [4.69, 9.17) is 21.6 Å². The molecule has 2 aliphatic rings. The summed E-state index contributed by atoms with van der Waals surface area (Å²) in [5, 5.41) is 0. The van der Waals surface area contributed by atoms with Crippen molar-refractivity contribution in [2.24, 2.45) is 0 Å². The normalized spacial score (nSPS) is 12.0. The largest absolute Gasteiger partial charge is 0.354 e. The van der Waals surface area contributed by atoms with Crippen molar-refractivity contribution < 1.29 is 0 Å². The highest BCUT2D eigenvalue weighted by atomic mass is 35.5. The molecule has 0 atom stereocenters. The van der Waals surface area contributed by atoms with Crippen LogP contribution in [-0.4, -0.2) is 19.9 Å². The van der Waals surface area contributed by atoms with Gasteiger partial charge in [0.25, 0.3) is 0 Å². The van der Waals surface area contributed by atoms with Gasteiger partial charge in [-0.2, -0.15) is 0 Å². The summed E-state index contributed by atoms with van der Waals surface area (Å²) < 4.78 is 0. The summed E-state index contributed by atoms with van der Waals surface area (Å²) in [7, 11) is 0. The van der Waals surface area contributed by atoms with Gasteiger partial charge in [-0.25, -0.2) is 9.97 Å². The van der Waals surface area contributed by atoms with E-state index in [0.717, 1.165) is 94.9 Å². The molecule has 0 saturated carbocycles. The topological polar surface area (TPSA) is 57.4 Å². The van der Waals surface area contributed by atoms with Crippen LogP contribution in [0.3, 0.4) is 0 Å². The summed E-state index contributed by atoms with van der Waals surface area (Å²) in [5.41, 5.74) is 17.1. The molecule has 0 amide bonds. The second kappa shape index (κ2) is 12.7. The molecule has 2 N–H and O–H groups in total. The first kappa shape index (κ1) is 29.9. The molecular formula is C45H31ClN4. The van der Waals surface area contributed by atoms with E-state index in [2.05, 4.69) is 156 Å². The van der Waals surface area contributed by atoms with Gasteiger partial charge >= 0.3 is 0 Å². The fourth-order valence-electron chi connectivity index (χ4n) is 6.95. The molecule has 0 spiro atoms. The molecule has 0 radical (unpaired) electrons. The molecule has 0 saturated heterocycles. The van der Waals surface area contributed by atoms with Crippen LogP contribution in [-0.2, 0) is 5.88 Å². The van der Waals surface area contributed by atoms with Gasteiger partial charge in [0.1, 0.15) is 0 Å². The molecule has 0 fully saturated rings. The molecule has 9 rings (SSSR count). The van der Waals surface area contributed by atoms with Crippen molar-refractivity contribution in [3.05, 3.63) is 168 Å². The van der Waals surface area contributed by atoms with Crippen LogP contribution in [0.15, 0.2) is 140 Å². The molecule has 4 aromatic carbocycles. The van der Waals surface area contributed by atoms with Crippen molar-refractivity contribution in [3.63, 3.8) is 0 Å². The van der Waals surface area contributed by atoms with Gasteiger partial charge in [-0.3, -0.25) is 0 Å². The Bertz CT molecular complexity index is 2600. The maximum atomic E-state index is 6.19. The number of aromatic amines is 2. The van der Waals surface area contributed by atoms with E-state index < -0.39 is 0 Å². The second-order valence-corrected chi connectivity index (χ2v) is 12.7. The quantitative estimate of drug-likeness (QED) is 0.180. The average molecular weight is 663 g/mol. The Labute approximate surface area is 295 Å². The van der Waals surface area contributed by atoms with E-state index in [-0.39, 0.29) is 0 Å². The summed E-state index contributed by atoms with van der Waals surface area (Å²) in [4.78, 5) is 18.2. The molecule has 0 aliphatic carbocycles. The van der Waals surface area contributed by atoms with Crippen molar-refractivity contribution in [2.75, 3.05) is 0 Å². The summed E-state index contributed by atoms with van der Waals surface area (Å²) in [6.07, 6.45) is 8.47. The standard InChI is InChI=1S/C45H31ClN4/c46-28-29-16-18-30(19-17-29)36-27-35-26-34-20-21-37(47-34)42(31-10-4-1-5-11-31)38-22-23-39(49-38)43(32-12-6-2-7-13-32)40-24-25-41(50-40)44(45(36)48-35)33-14-8-3-9-15-33/h1-27,48-49H,28H2. The molecule has 2 aliphatic heterocycles. The number of fused-ring (bicyclic) bond motifs is 8. The number of aromatic nitrogens is 4. The predicted molar refractivity (Wildman–Crippen MR) is 210 cm³/mol. The molecule has 50 heavy (non-hydrogen) atoms. The first-order valence-corrected chi connectivity index (χ1v) is 17.2. The van der Waals surface area contributed by atoms with E-state index in [0.29, 0.717) is 5.88 Å². The van der Waals surface area contributed by atoms with Crippen LogP contribution in [0.25, 0.3) is 90.9 Å². The molecule has 4 nitrogen and oxygen atoms in total. The maximum Gasteiger partial charge on any atom is 0.0737 e. The maximum absolute atomic E-state index is 6.19. The third-order valence-corrected chi connectivity index (χ3v) is 9.60. The van der Waals surface area contributed by atoms with E-state index in [1.807, 2.05) is 18.2 Å². The minimum Gasteiger partial charge on any atom is -0.354 e. The van der Waals surface area contributed by atoms with Crippen LogP contribution in [0.4, 0.5) is 0 Å². The molecule has 238 valence electrons. The molecule has 3 aromatic heterocycles. The summed E-state index contributed by atoms with van der Waals surface area (Å²) in [5.74, 6) is 0.469. The smallest absolute Gasteiger partial charge is 0.0737 e. The number of H-pyrrole nitrogens is 2. The first-order valence-electron chi connectivity index (χ1n) is 16.7. The van der Waals surface area contributed by atoms with Gasteiger partial charge in [0, 0.05) is 44.7 Å². The minimum atomic E-state index is 0.469. The van der Waals surface area contributed by atoms with Crippen molar-refractivity contribution in [2.45, 2.75) is 5.88 Å². The zero-order valence-electron chi connectivity index (χ0n) is 27.1. The van der Waals surface area contributed by atoms with E-state index in [9.17, 15) is 0 Å². The lowest BCUT2D eigenvalue weighted by atomic mass is 9.98. The highest BCUT2D eigenvalue weighted by Crippen LogP contribution is 2.39. The summed E-state index contributed by atoms with van der Waals surface area (Å²) in [6.45, 7) is 0. The van der Waals surface area contributed by atoms with Crippen LogP contribution in [0, 0.1) is 0 Å². The Morgan fingerprint density at radius 2 is 0.980 bits per heavy atom.